The molecule has 1 spiro atoms. The summed E-state index contributed by atoms with van der Waals surface area (Å²) >= 11 is 0. The molecular weight excluding hydrogens is 362 g/mol. The minimum atomic E-state index is -3.52. The van der Waals surface area contributed by atoms with Crippen molar-refractivity contribution in [3.8, 4) is 0 Å². The van der Waals surface area contributed by atoms with Crippen LogP contribution in [0.2, 0.25) is 0 Å². The van der Waals surface area contributed by atoms with Gasteiger partial charge in [-0.3, -0.25) is 10.1 Å². The van der Waals surface area contributed by atoms with Crippen molar-refractivity contribution in [2.24, 2.45) is 5.92 Å². The highest BCUT2D eigenvalue weighted by atomic mass is 32.2. The molecule has 7 heteroatoms. The lowest BCUT2D eigenvalue weighted by Crippen LogP contribution is -2.59. The predicted molar refractivity (Wildman–Crippen MR) is 106 cm³/mol. The summed E-state index contributed by atoms with van der Waals surface area (Å²) in [7, 11) is -3.52. The first-order chi connectivity index (χ1) is 12.7. The van der Waals surface area contributed by atoms with Gasteiger partial charge in [-0.05, 0) is 37.8 Å². The molecule has 0 aliphatic carbocycles. The van der Waals surface area contributed by atoms with E-state index in [2.05, 4.69) is 11.9 Å². The fourth-order valence-corrected chi connectivity index (χ4v) is 5.47. The third-order valence-corrected chi connectivity index (χ3v) is 7.57. The van der Waals surface area contributed by atoms with Gasteiger partial charge in [-0.1, -0.05) is 37.6 Å². The second-order valence-electron chi connectivity index (χ2n) is 7.85. The Balaban J connectivity index is 1.80. The maximum Gasteiger partial charge on any atom is 0.243 e. The van der Waals surface area contributed by atoms with Crippen LogP contribution in [0.4, 0.5) is 0 Å². The molecule has 2 aliphatic heterocycles. The van der Waals surface area contributed by atoms with E-state index in [0.29, 0.717) is 37.4 Å². The highest BCUT2D eigenvalue weighted by molar-refractivity contribution is 7.89. The summed E-state index contributed by atoms with van der Waals surface area (Å²) in [5, 5.41) is 3.52. The smallest absolute Gasteiger partial charge is 0.243 e. The van der Waals surface area contributed by atoms with Crippen LogP contribution >= 0.6 is 0 Å². The molecule has 1 aromatic carbocycles. The van der Waals surface area contributed by atoms with Crippen LogP contribution in [0.15, 0.2) is 41.8 Å². The number of hydrogen-bond acceptors (Lipinski definition) is 4. The van der Waals surface area contributed by atoms with Gasteiger partial charge in [0.2, 0.25) is 15.9 Å². The topological polar surface area (TPSA) is 69.7 Å². The Hall–Kier alpha value is -1.70. The molecule has 1 atom stereocenters. The van der Waals surface area contributed by atoms with Crippen molar-refractivity contribution >= 4 is 15.9 Å². The molecule has 1 unspecified atom stereocenters. The van der Waals surface area contributed by atoms with Crippen LogP contribution in [0.3, 0.4) is 0 Å². The van der Waals surface area contributed by atoms with Crippen LogP contribution in [0.25, 0.3) is 0 Å². The quantitative estimate of drug-likeness (QED) is 0.781. The highest BCUT2D eigenvalue weighted by Crippen LogP contribution is 2.35. The Morgan fingerprint density at radius 2 is 1.85 bits per heavy atom. The van der Waals surface area contributed by atoms with E-state index in [1.165, 1.54) is 4.31 Å². The van der Waals surface area contributed by atoms with Crippen molar-refractivity contribution < 1.29 is 13.2 Å². The third-order valence-electron chi connectivity index (χ3n) is 5.66. The highest BCUT2D eigenvalue weighted by Gasteiger charge is 2.52. The van der Waals surface area contributed by atoms with Gasteiger partial charge in [0.15, 0.2) is 0 Å². The van der Waals surface area contributed by atoms with Crippen LogP contribution in [-0.2, 0) is 14.8 Å². The van der Waals surface area contributed by atoms with Gasteiger partial charge in [-0.15, -0.1) is 6.58 Å². The molecule has 1 N–H and O–H groups in total. The van der Waals surface area contributed by atoms with E-state index in [1.54, 1.807) is 18.2 Å². The first-order valence-electron chi connectivity index (χ1n) is 9.48. The Morgan fingerprint density at radius 3 is 2.37 bits per heavy atom. The number of carbonyl (C=O) groups is 1. The van der Waals surface area contributed by atoms with Crippen LogP contribution in [0.5, 0.6) is 0 Å². The minimum absolute atomic E-state index is 0.0831. The SMILES string of the molecule is C=CCN1C(=O)C(C(C)C)NC12CCN(S(=O)(=O)c1ccc(C)cc1)CC2. The summed E-state index contributed by atoms with van der Waals surface area (Å²) < 4.78 is 27.4. The van der Waals surface area contributed by atoms with Crippen molar-refractivity contribution in [1.29, 1.82) is 0 Å². The molecule has 2 saturated heterocycles. The normalized spacial score (nSPS) is 23.3. The minimum Gasteiger partial charge on any atom is -0.319 e. The maximum absolute atomic E-state index is 13.0. The molecule has 2 heterocycles. The maximum atomic E-state index is 13.0. The van der Waals surface area contributed by atoms with Crippen LogP contribution in [-0.4, -0.2) is 54.9 Å². The van der Waals surface area contributed by atoms with E-state index < -0.39 is 15.7 Å². The lowest BCUT2D eigenvalue weighted by atomic mass is 9.97. The number of nitrogens with zero attached hydrogens (tertiary/aromatic N) is 2. The monoisotopic (exact) mass is 391 g/mol. The molecule has 0 aromatic heterocycles. The van der Waals surface area contributed by atoms with E-state index in [1.807, 2.05) is 37.8 Å². The van der Waals surface area contributed by atoms with Crippen LogP contribution < -0.4 is 5.32 Å². The van der Waals surface area contributed by atoms with Crippen molar-refractivity contribution in [2.45, 2.75) is 50.2 Å². The Morgan fingerprint density at radius 1 is 1.26 bits per heavy atom. The lowest BCUT2D eigenvalue weighted by Gasteiger charge is -2.44. The molecule has 0 saturated carbocycles. The second kappa shape index (κ2) is 7.37. The molecule has 27 heavy (non-hydrogen) atoms. The van der Waals surface area contributed by atoms with Gasteiger partial charge in [0.1, 0.15) is 0 Å². The van der Waals surface area contributed by atoms with Crippen molar-refractivity contribution in [2.75, 3.05) is 19.6 Å². The molecule has 1 amide bonds. The van der Waals surface area contributed by atoms with Gasteiger partial charge < -0.3 is 4.90 Å². The van der Waals surface area contributed by atoms with Crippen LogP contribution in [0.1, 0.15) is 32.3 Å². The zero-order valence-corrected chi connectivity index (χ0v) is 17.1. The van der Waals surface area contributed by atoms with Crippen molar-refractivity contribution in [3.05, 3.63) is 42.5 Å². The zero-order valence-electron chi connectivity index (χ0n) is 16.3. The second-order valence-corrected chi connectivity index (χ2v) is 9.79. The Bertz CT molecular complexity index is 809. The number of amides is 1. The Labute approximate surface area is 162 Å². The molecule has 2 aliphatic rings. The van der Waals surface area contributed by atoms with E-state index in [0.717, 1.165) is 5.56 Å². The number of rotatable bonds is 5. The lowest BCUT2D eigenvalue weighted by molar-refractivity contribution is -0.133. The standard InChI is InChI=1S/C20H29N3O3S/c1-5-12-23-19(24)18(15(2)3)21-20(23)10-13-22(14-11-20)27(25,26)17-8-6-16(4)7-9-17/h5-9,15,18,21H,1,10-14H2,2-4H3. The molecule has 3 rings (SSSR count). The molecule has 148 valence electrons. The molecule has 0 radical (unpaired) electrons. The van der Waals surface area contributed by atoms with E-state index in [-0.39, 0.29) is 17.9 Å². The summed E-state index contributed by atoms with van der Waals surface area (Å²) in [6.45, 7) is 11.0. The average Bonchev–Trinajstić information content (AvgIpc) is 2.89. The number of hydrogen-bond donors (Lipinski definition) is 1. The summed E-state index contributed by atoms with van der Waals surface area (Å²) in [6, 6.07) is 6.71. The summed E-state index contributed by atoms with van der Waals surface area (Å²) in [6.07, 6.45) is 2.88. The van der Waals surface area contributed by atoms with Crippen molar-refractivity contribution in [3.63, 3.8) is 0 Å². The largest absolute Gasteiger partial charge is 0.319 e. The third kappa shape index (κ3) is 3.56. The number of carbonyl (C=O) groups excluding carboxylic acids is 1. The fraction of sp³-hybridized carbons (Fsp3) is 0.550. The van der Waals surface area contributed by atoms with Crippen molar-refractivity contribution in [1.82, 2.24) is 14.5 Å². The molecular formula is C20H29N3O3S. The summed E-state index contributed by atoms with van der Waals surface area (Å²) in [5.41, 5.74) is 0.541. The molecule has 2 fully saturated rings. The van der Waals surface area contributed by atoms with E-state index in [9.17, 15) is 13.2 Å². The number of benzene rings is 1. The van der Waals surface area contributed by atoms with Gasteiger partial charge in [-0.2, -0.15) is 4.31 Å². The van der Waals surface area contributed by atoms with Gasteiger partial charge >= 0.3 is 0 Å². The van der Waals surface area contributed by atoms with E-state index >= 15 is 0 Å². The Kier molecular flexibility index (Phi) is 5.47. The first kappa shape index (κ1) is 20.0. The molecule has 0 bridgehead atoms. The number of nitrogens with one attached hydrogen (secondary N) is 1. The van der Waals surface area contributed by atoms with Gasteiger partial charge in [0, 0.05) is 19.6 Å². The average molecular weight is 392 g/mol. The zero-order chi connectivity index (χ0) is 19.8. The first-order valence-corrected chi connectivity index (χ1v) is 10.9. The summed E-state index contributed by atoms with van der Waals surface area (Å²) in [5.74, 6) is 0.262. The fourth-order valence-electron chi connectivity index (χ4n) is 4.02. The van der Waals surface area contributed by atoms with Crippen LogP contribution in [0, 0.1) is 12.8 Å². The molecule has 6 nitrogen and oxygen atoms in total. The number of sulfonamides is 1. The molecule has 1 aromatic rings. The van der Waals surface area contributed by atoms with Gasteiger partial charge in [0.25, 0.3) is 0 Å². The van der Waals surface area contributed by atoms with Gasteiger partial charge in [0.05, 0.1) is 16.6 Å². The van der Waals surface area contributed by atoms with E-state index in [4.69, 9.17) is 0 Å². The van der Waals surface area contributed by atoms with Gasteiger partial charge in [-0.25, -0.2) is 8.42 Å². The number of piperidine rings is 1. The number of aryl methyl sites for hydroxylation is 1. The summed E-state index contributed by atoms with van der Waals surface area (Å²) in [4.78, 5) is 15.0. The predicted octanol–water partition coefficient (Wildman–Crippen LogP) is 2.12.